The predicted molar refractivity (Wildman–Crippen MR) is 78.7 cm³/mol. The SMILES string of the molecule is Nc1ncnc2c1c(F)cn2Cc1ccc([B]O)cc1.O. The molecule has 0 saturated heterocycles. The summed E-state index contributed by atoms with van der Waals surface area (Å²) in [4.78, 5) is 7.87. The third-order valence-electron chi connectivity index (χ3n) is 3.12. The van der Waals surface area contributed by atoms with Crippen LogP contribution in [-0.2, 0) is 6.54 Å². The molecule has 0 saturated carbocycles. The Labute approximate surface area is 120 Å². The molecule has 2 heterocycles. The molecule has 0 aliphatic carbocycles. The van der Waals surface area contributed by atoms with Gasteiger partial charge in [-0.2, -0.15) is 0 Å². The lowest BCUT2D eigenvalue weighted by Crippen LogP contribution is -2.13. The molecule has 8 heteroatoms. The van der Waals surface area contributed by atoms with Crippen LogP contribution in [-0.4, -0.2) is 32.5 Å². The Balaban J connectivity index is 0.00000161. The fraction of sp³-hybridized carbons (Fsp3) is 0.0769. The smallest absolute Gasteiger partial charge is 0.326 e. The number of anilines is 1. The van der Waals surface area contributed by atoms with Crippen LogP contribution in [0.2, 0.25) is 0 Å². The minimum absolute atomic E-state index is 0. The molecule has 2 aromatic heterocycles. The summed E-state index contributed by atoms with van der Waals surface area (Å²) in [7, 11) is 1.03. The van der Waals surface area contributed by atoms with E-state index in [1.54, 1.807) is 16.7 Å². The van der Waals surface area contributed by atoms with Crippen molar-refractivity contribution in [3.63, 3.8) is 0 Å². The highest BCUT2D eigenvalue weighted by atomic mass is 19.1. The molecule has 1 radical (unpaired) electrons. The number of rotatable bonds is 3. The van der Waals surface area contributed by atoms with Gasteiger partial charge in [0, 0.05) is 12.7 Å². The van der Waals surface area contributed by atoms with Gasteiger partial charge in [-0.15, -0.1) is 0 Å². The maximum atomic E-state index is 13.9. The van der Waals surface area contributed by atoms with E-state index in [-0.39, 0.29) is 16.7 Å². The van der Waals surface area contributed by atoms with E-state index in [1.165, 1.54) is 12.5 Å². The molecule has 0 aliphatic heterocycles. The van der Waals surface area contributed by atoms with Gasteiger partial charge in [0.05, 0.1) is 5.39 Å². The minimum Gasteiger partial charge on any atom is -0.450 e. The molecule has 0 spiro atoms. The molecular formula is C13H13BFN4O2. The first kappa shape index (κ1) is 15.0. The number of hydrogen-bond acceptors (Lipinski definition) is 4. The lowest BCUT2D eigenvalue weighted by molar-refractivity contribution is 0.615. The first-order chi connectivity index (χ1) is 9.69. The molecule has 0 amide bonds. The van der Waals surface area contributed by atoms with Crippen LogP contribution >= 0.6 is 0 Å². The molecule has 0 atom stereocenters. The molecule has 0 fully saturated rings. The summed E-state index contributed by atoms with van der Waals surface area (Å²) in [5, 5.41) is 9.13. The van der Waals surface area contributed by atoms with Gasteiger partial charge in [0.25, 0.3) is 0 Å². The third kappa shape index (κ3) is 2.71. The van der Waals surface area contributed by atoms with Gasteiger partial charge in [-0.05, 0) is 5.56 Å². The summed E-state index contributed by atoms with van der Waals surface area (Å²) in [6.45, 7) is 0.461. The lowest BCUT2D eigenvalue weighted by atomic mass is 9.88. The molecule has 1 aromatic carbocycles. The van der Waals surface area contributed by atoms with Crippen LogP contribution in [0.15, 0.2) is 36.8 Å². The van der Waals surface area contributed by atoms with Gasteiger partial charge in [-0.3, -0.25) is 0 Å². The van der Waals surface area contributed by atoms with Crippen molar-refractivity contribution < 1.29 is 14.9 Å². The number of nitrogens with zero attached hydrogens (tertiary/aromatic N) is 3. The highest BCUT2D eigenvalue weighted by Crippen LogP contribution is 2.22. The highest BCUT2D eigenvalue weighted by Gasteiger charge is 2.13. The molecule has 3 rings (SSSR count). The van der Waals surface area contributed by atoms with Gasteiger partial charge in [0.1, 0.15) is 17.8 Å². The van der Waals surface area contributed by atoms with Crippen molar-refractivity contribution in [2.45, 2.75) is 6.54 Å². The monoisotopic (exact) mass is 287 g/mol. The van der Waals surface area contributed by atoms with Crippen molar-refractivity contribution >= 4 is 29.8 Å². The normalized spacial score (nSPS) is 10.4. The standard InChI is InChI=1S/C13H11BFN4O.H2O/c15-10-6-19(13-11(10)12(16)17-7-18-13)5-8-1-3-9(14-20)4-2-8;/h1-4,6-7,20H,5H2,(H2,16,17,18);1H2. The summed E-state index contributed by atoms with van der Waals surface area (Å²) in [6.07, 6.45) is 2.68. The van der Waals surface area contributed by atoms with Crippen LogP contribution in [0, 0.1) is 5.82 Å². The van der Waals surface area contributed by atoms with E-state index in [0.717, 1.165) is 13.0 Å². The molecule has 0 aliphatic rings. The van der Waals surface area contributed by atoms with Crippen LogP contribution in [0.5, 0.6) is 0 Å². The van der Waals surface area contributed by atoms with Crippen molar-refractivity contribution in [1.29, 1.82) is 0 Å². The summed E-state index contributed by atoms with van der Waals surface area (Å²) in [5.74, 6) is -0.296. The van der Waals surface area contributed by atoms with Crippen molar-refractivity contribution in [1.82, 2.24) is 14.5 Å². The van der Waals surface area contributed by atoms with Crippen LogP contribution < -0.4 is 11.2 Å². The van der Waals surface area contributed by atoms with Crippen LogP contribution in [0.4, 0.5) is 10.2 Å². The van der Waals surface area contributed by atoms with Crippen LogP contribution in [0.3, 0.4) is 0 Å². The molecule has 21 heavy (non-hydrogen) atoms. The summed E-state index contributed by atoms with van der Waals surface area (Å²) < 4.78 is 15.6. The van der Waals surface area contributed by atoms with E-state index in [2.05, 4.69) is 9.97 Å². The first-order valence-corrected chi connectivity index (χ1v) is 6.00. The number of fused-ring (bicyclic) bond motifs is 1. The van der Waals surface area contributed by atoms with E-state index >= 15 is 0 Å². The van der Waals surface area contributed by atoms with Gasteiger partial charge in [-0.25, -0.2) is 14.4 Å². The second-order valence-corrected chi connectivity index (χ2v) is 4.43. The molecule has 107 valence electrons. The molecule has 0 unspecified atom stereocenters. The third-order valence-corrected chi connectivity index (χ3v) is 3.12. The summed E-state index contributed by atoms with van der Waals surface area (Å²) in [6, 6.07) is 7.27. The van der Waals surface area contributed by atoms with Crippen LogP contribution in [0.25, 0.3) is 11.0 Å². The number of nitrogen functional groups attached to an aromatic ring is 1. The second-order valence-electron chi connectivity index (χ2n) is 4.43. The van der Waals surface area contributed by atoms with E-state index in [0.29, 0.717) is 17.7 Å². The van der Waals surface area contributed by atoms with Gasteiger partial charge in [0.15, 0.2) is 5.82 Å². The lowest BCUT2D eigenvalue weighted by Gasteiger charge is -2.05. The zero-order chi connectivity index (χ0) is 14.1. The largest absolute Gasteiger partial charge is 0.450 e. The van der Waals surface area contributed by atoms with Crippen molar-refractivity contribution in [3.8, 4) is 0 Å². The number of halogens is 1. The molecule has 0 bridgehead atoms. The molecule has 6 nitrogen and oxygen atoms in total. The molecular weight excluding hydrogens is 274 g/mol. The number of hydrogen-bond donors (Lipinski definition) is 2. The fourth-order valence-electron chi connectivity index (χ4n) is 2.13. The average Bonchev–Trinajstić information content (AvgIpc) is 2.77. The molecule has 5 N–H and O–H groups in total. The van der Waals surface area contributed by atoms with Crippen molar-refractivity contribution in [3.05, 3.63) is 48.2 Å². The highest BCUT2D eigenvalue weighted by molar-refractivity contribution is 6.45. The second kappa shape index (κ2) is 5.90. The number of nitrogens with two attached hydrogens (primary N) is 1. The maximum absolute atomic E-state index is 13.9. The van der Waals surface area contributed by atoms with E-state index in [9.17, 15) is 4.39 Å². The Morgan fingerprint density at radius 1 is 1.24 bits per heavy atom. The Morgan fingerprint density at radius 3 is 2.62 bits per heavy atom. The van der Waals surface area contributed by atoms with E-state index < -0.39 is 5.82 Å². The van der Waals surface area contributed by atoms with Crippen LogP contribution in [0.1, 0.15) is 5.56 Å². The Hall–Kier alpha value is -2.45. The van der Waals surface area contributed by atoms with Gasteiger partial charge in [0.2, 0.25) is 0 Å². The Kier molecular flexibility index (Phi) is 4.20. The van der Waals surface area contributed by atoms with Gasteiger partial charge >= 0.3 is 7.48 Å². The quantitative estimate of drug-likeness (QED) is 0.639. The topological polar surface area (TPSA) is 108 Å². The predicted octanol–water partition coefficient (Wildman–Crippen LogP) is -0.387. The van der Waals surface area contributed by atoms with E-state index in [4.69, 9.17) is 10.8 Å². The maximum Gasteiger partial charge on any atom is 0.326 e. The molecule has 3 aromatic rings. The summed E-state index contributed by atoms with van der Waals surface area (Å²) >= 11 is 0. The average molecular weight is 287 g/mol. The Morgan fingerprint density at radius 2 is 1.95 bits per heavy atom. The zero-order valence-corrected chi connectivity index (χ0v) is 11.0. The Bertz CT molecular complexity index is 761. The van der Waals surface area contributed by atoms with Crippen molar-refractivity contribution in [2.75, 3.05) is 5.73 Å². The first-order valence-electron chi connectivity index (χ1n) is 6.00. The zero-order valence-electron chi connectivity index (χ0n) is 11.0. The number of aromatic nitrogens is 3. The van der Waals surface area contributed by atoms with Crippen molar-refractivity contribution in [2.24, 2.45) is 0 Å². The van der Waals surface area contributed by atoms with Gasteiger partial charge in [-0.1, -0.05) is 29.7 Å². The summed E-state index contributed by atoms with van der Waals surface area (Å²) in [5.41, 5.74) is 7.81. The van der Waals surface area contributed by atoms with E-state index in [1.807, 2.05) is 12.1 Å². The minimum atomic E-state index is -0.432. The van der Waals surface area contributed by atoms with Gasteiger partial charge < -0.3 is 20.8 Å². The fourth-order valence-corrected chi connectivity index (χ4v) is 2.13. The number of benzene rings is 1.